The summed E-state index contributed by atoms with van der Waals surface area (Å²) in [6, 6.07) is 4.98. The predicted octanol–water partition coefficient (Wildman–Crippen LogP) is 8.06. The topological polar surface area (TPSA) is 137 Å². The van der Waals surface area contributed by atoms with Gasteiger partial charge >= 0.3 is 5.97 Å². The Labute approximate surface area is 244 Å². The van der Waals surface area contributed by atoms with E-state index in [4.69, 9.17) is 9.47 Å². The second-order valence-corrected chi connectivity index (χ2v) is 11.3. The van der Waals surface area contributed by atoms with Crippen molar-refractivity contribution >= 4 is 5.97 Å². The molecule has 2 atom stereocenters. The van der Waals surface area contributed by atoms with Crippen LogP contribution in [-0.4, -0.2) is 37.6 Å². The molecule has 8 nitrogen and oxygen atoms in total. The fourth-order valence-electron chi connectivity index (χ4n) is 5.49. The molecule has 0 spiro atoms. The van der Waals surface area contributed by atoms with Crippen LogP contribution in [0.2, 0.25) is 0 Å². The number of ether oxygens (including phenoxy) is 2. The number of aromatic hydroxyl groups is 5. The van der Waals surface area contributed by atoms with E-state index < -0.39 is 35.4 Å². The van der Waals surface area contributed by atoms with Gasteiger partial charge in [0.15, 0.2) is 23.4 Å². The lowest BCUT2D eigenvalue weighted by Gasteiger charge is -2.34. The highest BCUT2D eigenvalue weighted by molar-refractivity contribution is 5.70. The zero-order valence-corrected chi connectivity index (χ0v) is 24.4. The molecule has 5 N–H and O–H groups in total. The van der Waals surface area contributed by atoms with Gasteiger partial charge in [-0.2, -0.15) is 0 Å². The molecule has 0 saturated carbocycles. The molecule has 41 heavy (non-hydrogen) atoms. The molecule has 0 radical (unpaired) electrons. The van der Waals surface area contributed by atoms with Gasteiger partial charge in [-0.3, -0.25) is 4.79 Å². The molecule has 2 aromatic rings. The molecule has 1 aliphatic rings. The van der Waals surface area contributed by atoms with E-state index in [1.165, 1.54) is 101 Å². The van der Waals surface area contributed by atoms with Crippen molar-refractivity contribution in [1.82, 2.24) is 0 Å². The minimum atomic E-state index is -0.939. The number of hydrogen-bond donors (Lipinski definition) is 5. The van der Waals surface area contributed by atoms with Gasteiger partial charge in [-0.05, 0) is 18.6 Å². The zero-order valence-electron chi connectivity index (χ0n) is 24.4. The molecule has 0 aromatic heterocycles. The van der Waals surface area contributed by atoms with Crippen molar-refractivity contribution in [2.75, 3.05) is 0 Å². The molecule has 2 aromatic carbocycles. The summed E-state index contributed by atoms with van der Waals surface area (Å²) < 4.78 is 11.7. The molecule has 0 unspecified atom stereocenters. The van der Waals surface area contributed by atoms with Crippen molar-refractivity contribution in [1.29, 1.82) is 0 Å². The number of carbonyl (C=O) groups is 1. The normalized spacial score (nSPS) is 16.2. The smallest absolute Gasteiger partial charge is 0.306 e. The Morgan fingerprint density at radius 1 is 0.732 bits per heavy atom. The maximum atomic E-state index is 12.7. The second kappa shape index (κ2) is 16.8. The fourth-order valence-corrected chi connectivity index (χ4v) is 5.49. The van der Waals surface area contributed by atoms with Crippen molar-refractivity contribution in [3.8, 4) is 34.5 Å². The number of carbonyl (C=O) groups excluding carboxylic acids is 1. The van der Waals surface area contributed by atoms with Crippen molar-refractivity contribution < 1.29 is 39.8 Å². The Kier molecular flexibility index (Phi) is 13.2. The van der Waals surface area contributed by atoms with Crippen LogP contribution in [0.25, 0.3) is 0 Å². The van der Waals surface area contributed by atoms with Crippen LogP contribution in [0.3, 0.4) is 0 Å². The van der Waals surface area contributed by atoms with Gasteiger partial charge < -0.3 is 35.0 Å². The van der Waals surface area contributed by atoms with E-state index in [1.54, 1.807) is 0 Å². The SMILES string of the molecule is CCCCCCCCCCCCCCCCCC(=O)O[C@@H]1Cc2c(O)cc(O)cc2O[C@@H]1c1cc(O)c(O)c(O)c1. The molecule has 1 aliphatic heterocycles. The molecule has 3 rings (SSSR count). The van der Waals surface area contributed by atoms with Gasteiger partial charge in [-0.25, -0.2) is 0 Å². The summed E-state index contributed by atoms with van der Waals surface area (Å²) in [6.45, 7) is 2.25. The Morgan fingerprint density at radius 3 is 1.78 bits per heavy atom. The van der Waals surface area contributed by atoms with E-state index in [2.05, 4.69) is 6.92 Å². The van der Waals surface area contributed by atoms with Gasteiger partial charge in [0.2, 0.25) is 0 Å². The van der Waals surface area contributed by atoms with Gasteiger partial charge in [-0.15, -0.1) is 0 Å². The third kappa shape index (κ3) is 10.2. The van der Waals surface area contributed by atoms with Crippen LogP contribution in [0.4, 0.5) is 0 Å². The van der Waals surface area contributed by atoms with Gasteiger partial charge in [0.25, 0.3) is 0 Å². The molecule has 8 heteroatoms. The molecular formula is C33H48O8. The number of hydrogen-bond acceptors (Lipinski definition) is 8. The molecular weight excluding hydrogens is 524 g/mol. The minimum absolute atomic E-state index is 0.110. The minimum Gasteiger partial charge on any atom is -0.508 e. The Morgan fingerprint density at radius 2 is 1.24 bits per heavy atom. The van der Waals surface area contributed by atoms with Gasteiger partial charge in [-0.1, -0.05) is 96.8 Å². The van der Waals surface area contributed by atoms with Crippen LogP contribution in [0.5, 0.6) is 34.5 Å². The number of fused-ring (bicyclic) bond motifs is 1. The lowest BCUT2D eigenvalue weighted by molar-refractivity contribution is -0.155. The quantitative estimate of drug-likeness (QED) is 0.0687. The fraction of sp³-hybridized carbons (Fsp3) is 0.606. The summed E-state index contributed by atoms with van der Waals surface area (Å²) in [5.41, 5.74) is 0.659. The monoisotopic (exact) mass is 572 g/mol. The summed E-state index contributed by atoms with van der Waals surface area (Å²) in [5.74, 6) is -2.33. The summed E-state index contributed by atoms with van der Waals surface area (Å²) in [5, 5.41) is 50.0. The largest absolute Gasteiger partial charge is 0.508 e. The summed E-state index contributed by atoms with van der Waals surface area (Å²) >= 11 is 0. The lowest BCUT2D eigenvalue weighted by Crippen LogP contribution is -2.34. The second-order valence-electron chi connectivity index (χ2n) is 11.3. The molecule has 0 aliphatic carbocycles. The number of phenolic OH excluding ortho intramolecular Hbond substituents is 5. The van der Waals surface area contributed by atoms with E-state index in [0.717, 1.165) is 12.8 Å². The highest BCUT2D eigenvalue weighted by Crippen LogP contribution is 2.45. The van der Waals surface area contributed by atoms with E-state index in [0.29, 0.717) is 12.0 Å². The average Bonchev–Trinajstić information content (AvgIpc) is 2.93. The molecule has 228 valence electrons. The summed E-state index contributed by atoms with van der Waals surface area (Å²) in [4.78, 5) is 12.7. The van der Waals surface area contributed by atoms with Crippen molar-refractivity contribution in [3.05, 3.63) is 35.4 Å². The Balaban J connectivity index is 1.40. The molecule has 0 saturated heterocycles. The van der Waals surface area contributed by atoms with Crippen molar-refractivity contribution in [3.63, 3.8) is 0 Å². The van der Waals surface area contributed by atoms with Gasteiger partial charge in [0, 0.05) is 36.1 Å². The van der Waals surface area contributed by atoms with E-state index in [-0.39, 0.29) is 35.7 Å². The highest BCUT2D eigenvalue weighted by Gasteiger charge is 2.37. The van der Waals surface area contributed by atoms with Crippen molar-refractivity contribution in [2.45, 2.75) is 128 Å². The number of benzene rings is 2. The van der Waals surface area contributed by atoms with Gasteiger partial charge in [0.1, 0.15) is 23.4 Å². The highest BCUT2D eigenvalue weighted by atomic mass is 16.6. The Hall–Kier alpha value is -3.29. The first-order valence-electron chi connectivity index (χ1n) is 15.5. The zero-order chi connectivity index (χ0) is 29.6. The lowest BCUT2D eigenvalue weighted by atomic mass is 9.93. The first kappa shape index (κ1) is 32.2. The van der Waals surface area contributed by atoms with Gasteiger partial charge in [0.05, 0.1) is 0 Å². The van der Waals surface area contributed by atoms with E-state index >= 15 is 0 Å². The first-order chi connectivity index (χ1) is 19.8. The van der Waals surface area contributed by atoms with Crippen molar-refractivity contribution in [2.24, 2.45) is 0 Å². The van der Waals surface area contributed by atoms with E-state index in [9.17, 15) is 30.3 Å². The first-order valence-corrected chi connectivity index (χ1v) is 15.5. The van der Waals surface area contributed by atoms with Crippen LogP contribution in [0.15, 0.2) is 24.3 Å². The van der Waals surface area contributed by atoms with Crippen LogP contribution >= 0.6 is 0 Å². The predicted molar refractivity (Wildman–Crippen MR) is 158 cm³/mol. The van der Waals surface area contributed by atoms with Crippen LogP contribution in [0, 0.1) is 0 Å². The number of esters is 1. The maximum absolute atomic E-state index is 12.7. The summed E-state index contributed by atoms with van der Waals surface area (Å²) in [7, 11) is 0. The number of rotatable bonds is 18. The average molecular weight is 573 g/mol. The van der Waals surface area contributed by atoms with Crippen LogP contribution < -0.4 is 4.74 Å². The molecule has 1 heterocycles. The Bertz CT molecular complexity index is 1080. The molecule has 0 bridgehead atoms. The molecule has 0 amide bonds. The number of unbranched alkanes of at least 4 members (excludes halogenated alkanes) is 14. The van der Waals surface area contributed by atoms with E-state index in [1.807, 2.05) is 0 Å². The third-order valence-electron chi connectivity index (χ3n) is 7.85. The summed E-state index contributed by atoms with van der Waals surface area (Å²) in [6.07, 6.45) is 17.1. The van der Waals surface area contributed by atoms with Crippen LogP contribution in [-0.2, 0) is 16.0 Å². The standard InChI is InChI=1S/C33H48O8/c1-2-3-4-5-6-7-8-9-10-11-12-13-14-15-16-17-31(38)40-30-22-25-26(35)20-24(34)21-29(25)41-33(30)23-18-27(36)32(39)28(37)19-23/h18-21,30,33-37,39H,2-17,22H2,1H3/t30-,33-/m1/s1. The maximum Gasteiger partial charge on any atom is 0.306 e. The number of phenols is 5. The molecule has 0 fully saturated rings. The van der Waals surface area contributed by atoms with Crippen LogP contribution in [0.1, 0.15) is 127 Å². The third-order valence-corrected chi connectivity index (χ3v) is 7.85.